The molecule has 2 rings (SSSR count). The van der Waals surface area contributed by atoms with Crippen LogP contribution in [0.1, 0.15) is 12.8 Å². The van der Waals surface area contributed by atoms with E-state index in [1.807, 2.05) is 0 Å². The zero-order valence-electron chi connectivity index (χ0n) is 12.0. The van der Waals surface area contributed by atoms with Crippen LogP contribution in [-0.4, -0.2) is 43.5 Å². The summed E-state index contributed by atoms with van der Waals surface area (Å²) in [4.78, 5) is 24.8. The first-order valence-corrected chi connectivity index (χ1v) is 6.97. The SMILES string of the molecule is CN(CCOc1ccccc1F)C(=O)C1CCC(=O)NC1. The number of ether oxygens (including phenoxy) is 1. The van der Waals surface area contributed by atoms with Gasteiger partial charge in [-0.05, 0) is 18.6 Å². The Hall–Kier alpha value is -2.11. The van der Waals surface area contributed by atoms with Crippen molar-refractivity contribution in [2.45, 2.75) is 12.8 Å². The van der Waals surface area contributed by atoms with Crippen LogP contribution in [0.15, 0.2) is 24.3 Å². The lowest BCUT2D eigenvalue weighted by Gasteiger charge is -2.26. The summed E-state index contributed by atoms with van der Waals surface area (Å²) in [6.45, 7) is 0.982. The first kappa shape index (κ1) is 15.3. The number of amides is 2. The summed E-state index contributed by atoms with van der Waals surface area (Å²) in [6, 6.07) is 6.16. The predicted molar refractivity (Wildman–Crippen MR) is 75.3 cm³/mol. The van der Waals surface area contributed by atoms with Gasteiger partial charge >= 0.3 is 0 Å². The highest BCUT2D eigenvalue weighted by Crippen LogP contribution is 2.16. The minimum absolute atomic E-state index is 0.00964. The van der Waals surface area contributed by atoms with Crippen molar-refractivity contribution in [3.8, 4) is 5.75 Å². The lowest BCUT2D eigenvalue weighted by atomic mass is 9.98. The lowest BCUT2D eigenvalue weighted by molar-refractivity contribution is -0.136. The van der Waals surface area contributed by atoms with E-state index in [-0.39, 0.29) is 30.1 Å². The number of para-hydroxylation sites is 1. The topological polar surface area (TPSA) is 58.6 Å². The molecule has 1 aliphatic heterocycles. The van der Waals surface area contributed by atoms with Crippen molar-refractivity contribution in [3.05, 3.63) is 30.1 Å². The van der Waals surface area contributed by atoms with Gasteiger partial charge < -0.3 is 15.0 Å². The van der Waals surface area contributed by atoms with Gasteiger partial charge in [0.25, 0.3) is 0 Å². The van der Waals surface area contributed by atoms with Gasteiger partial charge in [-0.2, -0.15) is 0 Å². The standard InChI is InChI=1S/C15H19FN2O3/c1-18(15(20)11-6-7-14(19)17-10-11)8-9-21-13-5-3-2-4-12(13)16/h2-5,11H,6-10H2,1H3,(H,17,19). The fourth-order valence-electron chi connectivity index (χ4n) is 2.22. The molecule has 21 heavy (non-hydrogen) atoms. The average Bonchev–Trinajstić information content (AvgIpc) is 2.49. The maximum Gasteiger partial charge on any atom is 0.227 e. The Morgan fingerprint density at radius 1 is 1.48 bits per heavy atom. The number of nitrogens with one attached hydrogen (secondary N) is 1. The molecule has 1 atom stereocenters. The molecule has 0 spiro atoms. The average molecular weight is 294 g/mol. The van der Waals surface area contributed by atoms with E-state index < -0.39 is 5.82 Å². The van der Waals surface area contributed by atoms with E-state index in [4.69, 9.17) is 4.74 Å². The third-order valence-corrected chi connectivity index (χ3v) is 3.51. The highest BCUT2D eigenvalue weighted by Gasteiger charge is 2.26. The van der Waals surface area contributed by atoms with E-state index in [0.29, 0.717) is 25.9 Å². The number of benzene rings is 1. The maximum absolute atomic E-state index is 13.4. The molecule has 0 aliphatic carbocycles. The second-order valence-corrected chi connectivity index (χ2v) is 5.08. The molecule has 1 aromatic carbocycles. The molecule has 1 aliphatic rings. The Labute approximate surface area is 123 Å². The van der Waals surface area contributed by atoms with Crippen molar-refractivity contribution >= 4 is 11.8 Å². The van der Waals surface area contributed by atoms with E-state index in [1.165, 1.54) is 6.07 Å². The molecular weight excluding hydrogens is 275 g/mol. The van der Waals surface area contributed by atoms with Crippen LogP contribution in [0.5, 0.6) is 5.75 Å². The van der Waals surface area contributed by atoms with Crippen LogP contribution in [0, 0.1) is 11.7 Å². The molecule has 0 aromatic heterocycles. The maximum atomic E-state index is 13.4. The third-order valence-electron chi connectivity index (χ3n) is 3.51. The van der Waals surface area contributed by atoms with Crippen LogP contribution >= 0.6 is 0 Å². The van der Waals surface area contributed by atoms with E-state index >= 15 is 0 Å². The van der Waals surface area contributed by atoms with E-state index in [9.17, 15) is 14.0 Å². The first-order chi connectivity index (χ1) is 10.1. The number of hydrogen-bond donors (Lipinski definition) is 1. The summed E-state index contributed by atoms with van der Waals surface area (Å²) in [5, 5.41) is 2.69. The highest BCUT2D eigenvalue weighted by molar-refractivity contribution is 5.83. The van der Waals surface area contributed by atoms with E-state index in [1.54, 1.807) is 30.1 Å². The summed E-state index contributed by atoms with van der Waals surface area (Å²) >= 11 is 0. The van der Waals surface area contributed by atoms with Gasteiger partial charge in [0.05, 0.1) is 12.5 Å². The quantitative estimate of drug-likeness (QED) is 0.887. The Morgan fingerprint density at radius 3 is 2.90 bits per heavy atom. The lowest BCUT2D eigenvalue weighted by Crippen LogP contribution is -2.44. The summed E-state index contributed by atoms with van der Waals surface area (Å²) in [5.41, 5.74) is 0. The van der Waals surface area contributed by atoms with Crippen molar-refractivity contribution in [3.63, 3.8) is 0 Å². The fourth-order valence-corrected chi connectivity index (χ4v) is 2.22. The van der Waals surface area contributed by atoms with Crippen molar-refractivity contribution in [1.29, 1.82) is 0 Å². The van der Waals surface area contributed by atoms with Crippen LogP contribution in [0.4, 0.5) is 4.39 Å². The molecular formula is C15H19FN2O3. The Bertz CT molecular complexity index is 511. The zero-order valence-corrected chi connectivity index (χ0v) is 12.0. The number of carbonyl (C=O) groups is 2. The van der Waals surface area contributed by atoms with Crippen LogP contribution in [0.2, 0.25) is 0 Å². The molecule has 0 radical (unpaired) electrons. The summed E-state index contributed by atoms with van der Waals surface area (Å²) in [6.07, 6.45) is 0.957. The second-order valence-electron chi connectivity index (χ2n) is 5.08. The molecule has 1 N–H and O–H groups in total. The van der Waals surface area contributed by atoms with Gasteiger partial charge in [-0.25, -0.2) is 4.39 Å². The zero-order chi connectivity index (χ0) is 15.2. The fraction of sp³-hybridized carbons (Fsp3) is 0.467. The number of rotatable bonds is 5. The Morgan fingerprint density at radius 2 is 2.24 bits per heavy atom. The van der Waals surface area contributed by atoms with Crippen LogP contribution < -0.4 is 10.1 Å². The number of halogens is 1. The van der Waals surface area contributed by atoms with Gasteiger partial charge in [0.15, 0.2) is 11.6 Å². The molecule has 0 saturated carbocycles. The molecule has 2 amide bonds. The van der Waals surface area contributed by atoms with Gasteiger partial charge in [-0.1, -0.05) is 12.1 Å². The van der Waals surface area contributed by atoms with E-state index in [0.717, 1.165) is 0 Å². The van der Waals surface area contributed by atoms with Crippen molar-refractivity contribution in [1.82, 2.24) is 10.2 Å². The van der Waals surface area contributed by atoms with Crippen LogP contribution in [0.25, 0.3) is 0 Å². The molecule has 0 bridgehead atoms. The van der Waals surface area contributed by atoms with Crippen molar-refractivity contribution in [2.75, 3.05) is 26.7 Å². The van der Waals surface area contributed by atoms with E-state index in [2.05, 4.69) is 5.32 Å². The molecule has 1 heterocycles. The first-order valence-electron chi connectivity index (χ1n) is 6.97. The van der Waals surface area contributed by atoms with Gasteiger partial charge in [0.1, 0.15) is 6.61 Å². The van der Waals surface area contributed by atoms with Crippen molar-refractivity contribution in [2.24, 2.45) is 5.92 Å². The van der Waals surface area contributed by atoms with Gasteiger partial charge in [-0.15, -0.1) is 0 Å². The minimum Gasteiger partial charge on any atom is -0.489 e. The minimum atomic E-state index is -0.415. The molecule has 114 valence electrons. The molecule has 5 nitrogen and oxygen atoms in total. The van der Waals surface area contributed by atoms with Crippen LogP contribution in [0.3, 0.4) is 0 Å². The smallest absolute Gasteiger partial charge is 0.227 e. The number of piperidine rings is 1. The Balaban J connectivity index is 1.76. The highest BCUT2D eigenvalue weighted by atomic mass is 19.1. The normalized spacial score (nSPS) is 18.0. The third kappa shape index (κ3) is 4.18. The summed E-state index contributed by atoms with van der Waals surface area (Å²) in [7, 11) is 1.68. The molecule has 1 fully saturated rings. The van der Waals surface area contributed by atoms with Crippen molar-refractivity contribution < 1.29 is 18.7 Å². The van der Waals surface area contributed by atoms with Gasteiger partial charge in [-0.3, -0.25) is 9.59 Å². The number of hydrogen-bond acceptors (Lipinski definition) is 3. The van der Waals surface area contributed by atoms with Gasteiger partial charge in [0.2, 0.25) is 11.8 Å². The molecule has 1 aromatic rings. The summed E-state index contributed by atoms with van der Waals surface area (Å²) < 4.78 is 18.7. The van der Waals surface area contributed by atoms with Crippen LogP contribution in [-0.2, 0) is 9.59 Å². The molecule has 1 saturated heterocycles. The Kier molecular flexibility index (Phi) is 5.14. The molecule has 1 unspecified atom stereocenters. The monoisotopic (exact) mass is 294 g/mol. The number of likely N-dealkylation sites (N-methyl/N-ethyl adjacent to an activating group) is 1. The number of nitrogens with zero attached hydrogens (tertiary/aromatic N) is 1. The summed E-state index contributed by atoms with van der Waals surface area (Å²) in [5.74, 6) is -0.442. The van der Waals surface area contributed by atoms with Gasteiger partial charge in [0, 0.05) is 20.0 Å². The second kappa shape index (κ2) is 7.06. The molecule has 6 heteroatoms. The number of carbonyl (C=O) groups excluding carboxylic acids is 2. The largest absolute Gasteiger partial charge is 0.489 e. The predicted octanol–water partition coefficient (Wildman–Crippen LogP) is 1.19.